The molecule has 0 N–H and O–H groups in total. The van der Waals surface area contributed by atoms with Gasteiger partial charge in [0, 0.05) is 38.3 Å². The van der Waals surface area contributed by atoms with Gasteiger partial charge in [0.05, 0.1) is 22.7 Å². The third-order valence-electron chi connectivity index (χ3n) is 10.4. The number of fused-ring (bicyclic) bond motifs is 6. The third kappa shape index (κ3) is 4.88. The zero-order chi connectivity index (χ0) is 34.4. The van der Waals surface area contributed by atoms with Gasteiger partial charge < -0.3 is 9.80 Å². The van der Waals surface area contributed by atoms with Gasteiger partial charge in [0.2, 0.25) is 0 Å². The van der Waals surface area contributed by atoms with Gasteiger partial charge in [-0.3, -0.25) is 0 Å². The Kier molecular flexibility index (Phi) is 7.18. The van der Waals surface area contributed by atoms with E-state index < -0.39 is 0 Å². The van der Waals surface area contributed by atoms with Crippen molar-refractivity contribution < 1.29 is 0 Å². The molecular formula is C50H34N2. The van der Waals surface area contributed by atoms with E-state index in [2.05, 4.69) is 216 Å². The molecule has 2 nitrogen and oxygen atoms in total. The molecule has 0 unspecified atom stereocenters. The van der Waals surface area contributed by atoms with Crippen molar-refractivity contribution >= 4 is 88.0 Å². The molecule has 0 aliphatic carbocycles. The summed E-state index contributed by atoms with van der Waals surface area (Å²) in [6.07, 6.45) is 0. The van der Waals surface area contributed by atoms with E-state index in [1.807, 2.05) is 0 Å². The first-order valence-corrected chi connectivity index (χ1v) is 17.9. The molecule has 2 heteroatoms. The van der Waals surface area contributed by atoms with Gasteiger partial charge in [-0.25, -0.2) is 0 Å². The highest BCUT2D eigenvalue weighted by Crippen LogP contribution is 2.49. The molecule has 10 aromatic rings. The van der Waals surface area contributed by atoms with Crippen molar-refractivity contribution in [3.05, 3.63) is 206 Å². The van der Waals surface area contributed by atoms with Gasteiger partial charge in [0.1, 0.15) is 0 Å². The van der Waals surface area contributed by atoms with E-state index in [9.17, 15) is 0 Å². The van der Waals surface area contributed by atoms with Crippen LogP contribution in [-0.2, 0) is 0 Å². The molecule has 244 valence electrons. The molecule has 0 heterocycles. The summed E-state index contributed by atoms with van der Waals surface area (Å²) < 4.78 is 0. The third-order valence-corrected chi connectivity index (χ3v) is 10.4. The summed E-state index contributed by atoms with van der Waals surface area (Å²) in [5.74, 6) is 0. The van der Waals surface area contributed by atoms with Crippen LogP contribution in [0.5, 0.6) is 0 Å². The number of hydrogen-bond acceptors (Lipinski definition) is 2. The largest absolute Gasteiger partial charge is 0.309 e. The summed E-state index contributed by atoms with van der Waals surface area (Å²) in [5, 5.41) is 12.1. The molecule has 0 fully saturated rings. The van der Waals surface area contributed by atoms with E-state index in [4.69, 9.17) is 0 Å². The Bertz CT molecular complexity index is 2900. The van der Waals surface area contributed by atoms with Gasteiger partial charge in [-0.2, -0.15) is 0 Å². The minimum atomic E-state index is 1.12. The number of nitrogens with zero attached hydrogens (tertiary/aromatic N) is 2. The van der Waals surface area contributed by atoms with E-state index in [-0.39, 0.29) is 0 Å². The smallest absolute Gasteiger partial charge is 0.0618 e. The molecule has 0 saturated heterocycles. The van der Waals surface area contributed by atoms with Crippen LogP contribution in [0.15, 0.2) is 206 Å². The molecule has 0 saturated carbocycles. The van der Waals surface area contributed by atoms with Crippen LogP contribution in [-0.4, -0.2) is 0 Å². The molecule has 0 radical (unpaired) electrons. The fraction of sp³-hybridized carbons (Fsp3) is 0. The molecule has 0 aliphatic heterocycles. The van der Waals surface area contributed by atoms with Crippen LogP contribution in [0.1, 0.15) is 0 Å². The quantitative estimate of drug-likeness (QED) is 0.129. The fourth-order valence-electron chi connectivity index (χ4n) is 8.06. The number of anilines is 6. The maximum absolute atomic E-state index is 2.47. The van der Waals surface area contributed by atoms with E-state index in [1.54, 1.807) is 0 Å². The molecular weight excluding hydrogens is 629 g/mol. The second-order valence-electron chi connectivity index (χ2n) is 13.3. The molecule has 0 aromatic heterocycles. The molecule has 0 amide bonds. The highest BCUT2D eigenvalue weighted by Gasteiger charge is 2.23. The van der Waals surface area contributed by atoms with Crippen molar-refractivity contribution in [2.75, 3.05) is 9.80 Å². The number of rotatable bonds is 6. The molecule has 0 spiro atoms. The van der Waals surface area contributed by atoms with Gasteiger partial charge in [0.15, 0.2) is 0 Å². The van der Waals surface area contributed by atoms with E-state index in [0.29, 0.717) is 0 Å². The monoisotopic (exact) mass is 662 g/mol. The molecule has 0 atom stereocenters. The fourth-order valence-corrected chi connectivity index (χ4v) is 8.06. The lowest BCUT2D eigenvalue weighted by molar-refractivity contribution is 1.31. The van der Waals surface area contributed by atoms with Crippen molar-refractivity contribution in [3.8, 4) is 0 Å². The Hall–Kier alpha value is -6.90. The normalized spacial score (nSPS) is 11.5. The minimum Gasteiger partial charge on any atom is -0.309 e. The van der Waals surface area contributed by atoms with Crippen molar-refractivity contribution in [2.45, 2.75) is 0 Å². The predicted octanol–water partition coefficient (Wildman–Crippen LogP) is 14.4. The zero-order valence-corrected chi connectivity index (χ0v) is 28.5. The predicted molar refractivity (Wildman–Crippen MR) is 223 cm³/mol. The Morgan fingerprint density at radius 1 is 0.231 bits per heavy atom. The summed E-state index contributed by atoms with van der Waals surface area (Å²) in [6, 6.07) is 74.8. The highest BCUT2D eigenvalue weighted by atomic mass is 15.2. The first kappa shape index (κ1) is 30.0. The van der Waals surface area contributed by atoms with Crippen LogP contribution in [0.4, 0.5) is 34.1 Å². The van der Waals surface area contributed by atoms with Crippen molar-refractivity contribution in [1.29, 1.82) is 0 Å². The zero-order valence-electron chi connectivity index (χ0n) is 28.5. The minimum absolute atomic E-state index is 1.12. The number of hydrogen-bond donors (Lipinski definition) is 0. The highest BCUT2D eigenvalue weighted by molar-refractivity contribution is 6.23. The first-order chi connectivity index (χ1) is 25.8. The second kappa shape index (κ2) is 12.5. The average molecular weight is 663 g/mol. The van der Waals surface area contributed by atoms with Crippen LogP contribution in [0.3, 0.4) is 0 Å². The Balaban J connectivity index is 1.29. The molecule has 52 heavy (non-hydrogen) atoms. The summed E-state index contributed by atoms with van der Waals surface area (Å²) >= 11 is 0. The van der Waals surface area contributed by atoms with Crippen molar-refractivity contribution in [3.63, 3.8) is 0 Å². The van der Waals surface area contributed by atoms with Crippen molar-refractivity contribution in [1.82, 2.24) is 0 Å². The molecule has 0 bridgehead atoms. The van der Waals surface area contributed by atoms with Gasteiger partial charge in [-0.1, -0.05) is 158 Å². The number of para-hydroxylation sites is 2. The Morgan fingerprint density at radius 3 is 1.29 bits per heavy atom. The summed E-state index contributed by atoms with van der Waals surface area (Å²) in [6.45, 7) is 0. The summed E-state index contributed by atoms with van der Waals surface area (Å²) in [5.41, 5.74) is 6.88. The van der Waals surface area contributed by atoms with Crippen LogP contribution in [0.25, 0.3) is 53.9 Å². The van der Waals surface area contributed by atoms with E-state index >= 15 is 0 Å². The maximum Gasteiger partial charge on any atom is 0.0618 e. The SMILES string of the molecule is c1ccc(N(c2cccc3ccccc23)c2cccc3c2ccc2c(N(c4ccccc4)c4cccc5ccccc45)c4ccccc4cc23)cc1. The van der Waals surface area contributed by atoms with Crippen LogP contribution in [0, 0.1) is 0 Å². The van der Waals surface area contributed by atoms with Gasteiger partial charge in [-0.15, -0.1) is 0 Å². The topological polar surface area (TPSA) is 6.48 Å². The van der Waals surface area contributed by atoms with E-state index in [0.717, 1.165) is 28.4 Å². The molecule has 10 rings (SSSR count). The summed E-state index contributed by atoms with van der Waals surface area (Å²) in [4.78, 5) is 4.89. The summed E-state index contributed by atoms with van der Waals surface area (Å²) in [7, 11) is 0. The Labute approximate surface area is 303 Å². The second-order valence-corrected chi connectivity index (χ2v) is 13.3. The molecule has 0 aliphatic rings. The van der Waals surface area contributed by atoms with Gasteiger partial charge >= 0.3 is 0 Å². The van der Waals surface area contributed by atoms with Crippen LogP contribution >= 0.6 is 0 Å². The Morgan fingerprint density at radius 2 is 0.654 bits per heavy atom. The maximum atomic E-state index is 2.47. The average Bonchev–Trinajstić information content (AvgIpc) is 3.22. The lowest BCUT2D eigenvalue weighted by Gasteiger charge is -2.30. The lowest BCUT2D eigenvalue weighted by Crippen LogP contribution is -2.12. The molecule has 10 aromatic carbocycles. The van der Waals surface area contributed by atoms with Crippen LogP contribution in [0.2, 0.25) is 0 Å². The first-order valence-electron chi connectivity index (χ1n) is 17.9. The van der Waals surface area contributed by atoms with Gasteiger partial charge in [-0.05, 0) is 75.5 Å². The van der Waals surface area contributed by atoms with E-state index in [1.165, 1.54) is 59.5 Å². The lowest BCUT2D eigenvalue weighted by atomic mass is 9.93. The standard InChI is InChI=1S/C50H34N2/c1-3-21-38(22-4-1)51(47-29-13-19-35-16-7-10-25-40(35)47)49-31-15-28-43-44(49)32-33-45-46(43)34-37-18-9-12-27-42(37)50(45)52(39-23-5-2-6-24-39)48-30-14-20-36-17-8-11-26-41(36)48/h1-34H. The van der Waals surface area contributed by atoms with Crippen LogP contribution < -0.4 is 9.80 Å². The van der Waals surface area contributed by atoms with Crippen molar-refractivity contribution in [2.24, 2.45) is 0 Å². The number of benzene rings is 10. The van der Waals surface area contributed by atoms with Gasteiger partial charge in [0.25, 0.3) is 0 Å².